The van der Waals surface area contributed by atoms with Crippen LogP contribution in [0, 0.1) is 6.92 Å². The summed E-state index contributed by atoms with van der Waals surface area (Å²) in [5.41, 5.74) is 0.970. The molecule has 0 amide bonds. The van der Waals surface area contributed by atoms with E-state index in [9.17, 15) is 0 Å². The van der Waals surface area contributed by atoms with Crippen LogP contribution in [0.2, 0.25) is 5.02 Å². The fraction of sp³-hybridized carbons (Fsp3) is 0.429. The average Bonchev–Trinajstić information content (AvgIpc) is 3.17. The molecule has 0 spiro atoms. The third-order valence-electron chi connectivity index (χ3n) is 3.14. The van der Waals surface area contributed by atoms with Crippen molar-refractivity contribution in [2.45, 2.75) is 39.0 Å². The van der Waals surface area contributed by atoms with Crippen LogP contribution in [0.1, 0.15) is 30.2 Å². The van der Waals surface area contributed by atoms with Crippen molar-refractivity contribution in [3.63, 3.8) is 0 Å². The molecule has 1 fully saturated rings. The number of hydrogen-bond donors (Lipinski definition) is 1. The lowest BCUT2D eigenvalue weighted by Crippen LogP contribution is -2.16. The number of halogens is 1. The predicted molar refractivity (Wildman–Crippen MR) is 74.7 cm³/mol. The Balaban J connectivity index is 1.68. The Hall–Kier alpha value is -1.59. The van der Waals surface area contributed by atoms with E-state index in [1.54, 1.807) is 6.92 Å². The van der Waals surface area contributed by atoms with Gasteiger partial charge in [0.15, 0.2) is 6.61 Å². The van der Waals surface area contributed by atoms with Gasteiger partial charge in [-0.3, -0.25) is 0 Å². The summed E-state index contributed by atoms with van der Waals surface area (Å²) in [6.07, 6.45) is 2.48. The van der Waals surface area contributed by atoms with Crippen LogP contribution in [0.15, 0.2) is 22.6 Å². The van der Waals surface area contributed by atoms with Crippen molar-refractivity contribution >= 4 is 11.6 Å². The standard InChI is InChI=1S/C14H16ClN3O2/c1-9-17-18-14(20-9)8-19-13-4-2-3-12(15)11(13)7-16-10-5-6-10/h2-4,10,16H,5-8H2,1H3. The lowest BCUT2D eigenvalue weighted by molar-refractivity contribution is 0.257. The van der Waals surface area contributed by atoms with E-state index in [1.807, 2.05) is 18.2 Å². The van der Waals surface area contributed by atoms with Crippen molar-refractivity contribution in [3.8, 4) is 5.75 Å². The maximum absolute atomic E-state index is 6.25. The summed E-state index contributed by atoms with van der Waals surface area (Å²) in [6, 6.07) is 6.27. The van der Waals surface area contributed by atoms with Gasteiger partial charge in [0.25, 0.3) is 5.89 Å². The van der Waals surface area contributed by atoms with Gasteiger partial charge in [-0.15, -0.1) is 10.2 Å². The molecule has 0 aliphatic heterocycles. The van der Waals surface area contributed by atoms with E-state index in [4.69, 9.17) is 20.8 Å². The Kier molecular flexibility index (Phi) is 3.89. The molecule has 6 heteroatoms. The minimum absolute atomic E-state index is 0.248. The van der Waals surface area contributed by atoms with Crippen molar-refractivity contribution in [2.75, 3.05) is 0 Å². The highest BCUT2D eigenvalue weighted by atomic mass is 35.5. The number of ether oxygens (including phenoxy) is 1. The first-order valence-electron chi connectivity index (χ1n) is 6.65. The summed E-state index contributed by atoms with van der Waals surface area (Å²) >= 11 is 6.25. The molecule has 0 radical (unpaired) electrons. The van der Waals surface area contributed by atoms with Crippen LogP contribution in [-0.2, 0) is 13.2 Å². The third kappa shape index (κ3) is 3.29. The van der Waals surface area contributed by atoms with Crippen molar-refractivity contribution in [1.82, 2.24) is 15.5 Å². The molecular weight excluding hydrogens is 278 g/mol. The van der Waals surface area contributed by atoms with Crippen LogP contribution in [0.4, 0.5) is 0 Å². The third-order valence-corrected chi connectivity index (χ3v) is 3.49. The summed E-state index contributed by atoms with van der Waals surface area (Å²) in [6.45, 7) is 2.71. The smallest absolute Gasteiger partial charge is 0.253 e. The number of aromatic nitrogens is 2. The maximum atomic E-state index is 6.25. The lowest BCUT2D eigenvalue weighted by atomic mass is 10.2. The van der Waals surface area contributed by atoms with E-state index in [2.05, 4.69) is 15.5 Å². The molecule has 0 bridgehead atoms. The Labute approximate surface area is 122 Å². The fourth-order valence-electron chi connectivity index (χ4n) is 1.91. The minimum atomic E-state index is 0.248. The molecule has 1 aromatic carbocycles. The molecule has 20 heavy (non-hydrogen) atoms. The van der Waals surface area contributed by atoms with Gasteiger partial charge in [-0.25, -0.2) is 0 Å². The second kappa shape index (κ2) is 5.81. The van der Waals surface area contributed by atoms with Crippen LogP contribution in [-0.4, -0.2) is 16.2 Å². The van der Waals surface area contributed by atoms with Gasteiger partial charge in [-0.1, -0.05) is 17.7 Å². The predicted octanol–water partition coefficient (Wildman–Crippen LogP) is 2.86. The van der Waals surface area contributed by atoms with Gasteiger partial charge < -0.3 is 14.5 Å². The molecule has 2 aromatic rings. The quantitative estimate of drug-likeness (QED) is 0.887. The molecule has 1 heterocycles. The van der Waals surface area contributed by atoms with Crippen molar-refractivity contribution in [1.29, 1.82) is 0 Å². The Bertz CT molecular complexity index is 596. The van der Waals surface area contributed by atoms with E-state index in [1.165, 1.54) is 12.8 Å². The van der Waals surface area contributed by atoms with E-state index in [-0.39, 0.29) is 6.61 Å². The largest absolute Gasteiger partial charge is 0.483 e. The first kappa shape index (κ1) is 13.4. The van der Waals surface area contributed by atoms with Gasteiger partial charge >= 0.3 is 0 Å². The topological polar surface area (TPSA) is 60.2 Å². The molecule has 0 atom stereocenters. The zero-order valence-corrected chi connectivity index (χ0v) is 12.0. The van der Waals surface area contributed by atoms with E-state index in [0.29, 0.717) is 29.4 Å². The van der Waals surface area contributed by atoms with Gasteiger partial charge in [-0.05, 0) is 25.0 Å². The number of benzene rings is 1. The lowest BCUT2D eigenvalue weighted by Gasteiger charge is -2.12. The zero-order chi connectivity index (χ0) is 13.9. The van der Waals surface area contributed by atoms with E-state index < -0.39 is 0 Å². The van der Waals surface area contributed by atoms with E-state index >= 15 is 0 Å². The van der Waals surface area contributed by atoms with Crippen LogP contribution in [0.3, 0.4) is 0 Å². The normalized spacial score (nSPS) is 14.5. The van der Waals surface area contributed by atoms with Crippen LogP contribution < -0.4 is 10.1 Å². The minimum Gasteiger partial charge on any atom is -0.483 e. The van der Waals surface area contributed by atoms with Gasteiger partial charge in [0.1, 0.15) is 5.75 Å². The highest BCUT2D eigenvalue weighted by Crippen LogP contribution is 2.28. The van der Waals surface area contributed by atoms with Gasteiger partial charge in [0.05, 0.1) is 0 Å². The summed E-state index contributed by atoms with van der Waals surface area (Å²) in [5, 5.41) is 11.8. The van der Waals surface area contributed by atoms with Gasteiger partial charge in [0, 0.05) is 30.1 Å². The summed E-state index contributed by atoms with van der Waals surface area (Å²) < 4.78 is 11.0. The Morgan fingerprint density at radius 1 is 1.40 bits per heavy atom. The van der Waals surface area contributed by atoms with Gasteiger partial charge in [0.2, 0.25) is 5.89 Å². The van der Waals surface area contributed by atoms with Crippen molar-refractivity contribution in [3.05, 3.63) is 40.6 Å². The molecule has 3 rings (SSSR count). The molecule has 1 N–H and O–H groups in total. The second-order valence-corrected chi connectivity index (χ2v) is 5.28. The van der Waals surface area contributed by atoms with Crippen molar-refractivity contribution in [2.24, 2.45) is 0 Å². The average molecular weight is 294 g/mol. The Morgan fingerprint density at radius 2 is 2.25 bits per heavy atom. The number of nitrogens with zero attached hydrogens (tertiary/aromatic N) is 2. The number of rotatable bonds is 6. The molecular formula is C14H16ClN3O2. The SMILES string of the molecule is Cc1nnc(COc2cccc(Cl)c2CNC2CC2)o1. The summed E-state index contributed by atoms with van der Waals surface area (Å²) in [5.74, 6) is 1.75. The zero-order valence-electron chi connectivity index (χ0n) is 11.2. The summed E-state index contributed by atoms with van der Waals surface area (Å²) in [4.78, 5) is 0. The molecule has 1 aromatic heterocycles. The van der Waals surface area contributed by atoms with Crippen LogP contribution in [0.25, 0.3) is 0 Å². The first-order valence-corrected chi connectivity index (χ1v) is 7.03. The number of nitrogens with one attached hydrogen (secondary N) is 1. The fourth-order valence-corrected chi connectivity index (χ4v) is 2.15. The molecule has 5 nitrogen and oxygen atoms in total. The van der Waals surface area contributed by atoms with Gasteiger partial charge in [-0.2, -0.15) is 0 Å². The molecule has 1 saturated carbocycles. The molecule has 1 aliphatic carbocycles. The highest BCUT2D eigenvalue weighted by Gasteiger charge is 2.21. The highest BCUT2D eigenvalue weighted by molar-refractivity contribution is 6.31. The summed E-state index contributed by atoms with van der Waals surface area (Å²) in [7, 11) is 0. The molecule has 0 saturated heterocycles. The molecule has 0 unspecified atom stereocenters. The van der Waals surface area contributed by atoms with E-state index in [0.717, 1.165) is 11.3 Å². The van der Waals surface area contributed by atoms with Crippen LogP contribution in [0.5, 0.6) is 5.75 Å². The monoisotopic (exact) mass is 293 g/mol. The Morgan fingerprint density at radius 3 is 2.95 bits per heavy atom. The molecule has 106 valence electrons. The molecule has 1 aliphatic rings. The second-order valence-electron chi connectivity index (χ2n) is 4.88. The number of hydrogen-bond acceptors (Lipinski definition) is 5. The van der Waals surface area contributed by atoms with Crippen LogP contribution >= 0.6 is 11.6 Å². The van der Waals surface area contributed by atoms with Crippen molar-refractivity contribution < 1.29 is 9.15 Å². The number of aryl methyl sites for hydroxylation is 1. The maximum Gasteiger partial charge on any atom is 0.253 e. The first-order chi connectivity index (χ1) is 9.72.